The van der Waals surface area contributed by atoms with Gasteiger partial charge in [0.05, 0.1) is 11.1 Å². The summed E-state index contributed by atoms with van der Waals surface area (Å²) in [4.78, 5) is 5.20. The van der Waals surface area contributed by atoms with Crippen LogP contribution >= 0.6 is 47.0 Å². The van der Waals surface area contributed by atoms with Crippen molar-refractivity contribution in [3.63, 3.8) is 0 Å². The average Bonchev–Trinajstić information content (AvgIpc) is 3.18. The van der Waals surface area contributed by atoms with Crippen molar-refractivity contribution in [3.05, 3.63) is 119 Å². The third-order valence-corrected chi connectivity index (χ3v) is 14.1. The van der Waals surface area contributed by atoms with E-state index < -0.39 is 11.1 Å². The van der Waals surface area contributed by atoms with Crippen molar-refractivity contribution in [1.29, 1.82) is 0 Å². The molecule has 0 saturated heterocycles. The molecule has 0 amide bonds. The molecule has 0 aliphatic heterocycles. The molecule has 276 valence electrons. The number of rotatable bonds is 25. The first kappa shape index (κ1) is 43.1. The molecule has 0 aliphatic rings. The first-order valence-corrected chi connectivity index (χ1v) is 23.4. The second-order valence-corrected chi connectivity index (χ2v) is 18.4. The number of unbranched alkanes of at least 4 members (excludes halogenated alkanes) is 1. The summed E-state index contributed by atoms with van der Waals surface area (Å²) in [5, 5.41) is 0. The third-order valence-electron chi connectivity index (χ3n) is 9.29. The molecule has 2 nitrogen and oxygen atoms in total. The van der Waals surface area contributed by atoms with E-state index in [1.807, 2.05) is 47.0 Å². The van der Waals surface area contributed by atoms with Gasteiger partial charge in [0.15, 0.2) is 0 Å². The molecular weight excluding hydrogens is 706 g/mol. The summed E-state index contributed by atoms with van der Waals surface area (Å²) in [5.41, 5.74) is 18.6. The summed E-state index contributed by atoms with van der Waals surface area (Å²) < 4.78 is 0. The molecule has 4 aromatic rings. The Labute approximate surface area is 335 Å². The molecule has 0 unspecified atom stereocenters. The summed E-state index contributed by atoms with van der Waals surface area (Å²) >= 11 is 7.68. The fraction of sp³-hybridized carbons (Fsp3) is 0.455. The summed E-state index contributed by atoms with van der Waals surface area (Å²) in [7, 11) is 4.87. The molecule has 0 saturated carbocycles. The van der Waals surface area contributed by atoms with Crippen LogP contribution in [-0.4, -0.2) is 37.6 Å². The van der Waals surface area contributed by atoms with E-state index in [0.717, 1.165) is 86.8 Å². The molecule has 52 heavy (non-hydrogen) atoms. The molecule has 0 aromatic heterocycles. The van der Waals surface area contributed by atoms with Gasteiger partial charge in [-0.25, -0.2) is 0 Å². The first-order valence-electron chi connectivity index (χ1n) is 19.5. The van der Waals surface area contributed by atoms with E-state index >= 15 is 0 Å². The lowest BCUT2D eigenvalue weighted by molar-refractivity contribution is 0.593. The van der Waals surface area contributed by atoms with Crippen LogP contribution in [0.25, 0.3) is 0 Å². The van der Waals surface area contributed by atoms with Crippen molar-refractivity contribution in [1.82, 2.24) is 0 Å². The van der Waals surface area contributed by atoms with Crippen LogP contribution < -0.4 is 11.5 Å². The molecule has 4 N–H and O–H groups in total. The zero-order valence-electron chi connectivity index (χ0n) is 32.1. The van der Waals surface area contributed by atoms with Crippen LogP contribution in [0, 0.1) is 0 Å². The summed E-state index contributed by atoms with van der Waals surface area (Å²) in [6, 6.07) is 35.8. The quantitative estimate of drug-likeness (QED) is 0.0398. The van der Waals surface area contributed by atoms with Crippen molar-refractivity contribution < 1.29 is 0 Å². The van der Waals surface area contributed by atoms with Crippen LogP contribution in [0.2, 0.25) is 25.3 Å². The molecule has 0 spiro atoms. The molecule has 4 aromatic carbocycles. The van der Waals surface area contributed by atoms with Crippen LogP contribution in [0.1, 0.15) is 88.5 Å². The summed E-state index contributed by atoms with van der Waals surface area (Å²) in [6.45, 7) is 8.95. The topological polar surface area (TPSA) is 52.0 Å². The highest BCUT2D eigenvalue weighted by atomic mass is 32.2. The Balaban J connectivity index is 1.40. The molecule has 4 rings (SSSR count). The van der Waals surface area contributed by atoms with Crippen LogP contribution in [0.15, 0.2) is 117 Å². The monoisotopic (exact) mass is 766 g/mol. The molecule has 8 heteroatoms. The Morgan fingerprint density at radius 3 is 0.962 bits per heavy atom. The SMILES string of the molecule is CCCSc1cccc(C(N)(C[B]CCCC[B]CC(N)(c2cccc(SCCC)c2)c2cccc(SCCC)c2)c2cccc(SCCC)c2)c1. The van der Waals surface area contributed by atoms with Crippen LogP contribution in [0.3, 0.4) is 0 Å². The molecule has 0 atom stereocenters. The van der Waals surface area contributed by atoms with Gasteiger partial charge in [-0.1, -0.05) is 114 Å². The van der Waals surface area contributed by atoms with E-state index in [1.54, 1.807) is 0 Å². The lowest BCUT2D eigenvalue weighted by atomic mass is 9.58. The van der Waals surface area contributed by atoms with Crippen molar-refractivity contribution in [2.75, 3.05) is 23.0 Å². The van der Waals surface area contributed by atoms with Gasteiger partial charge in [0.25, 0.3) is 0 Å². The number of benzene rings is 4. The predicted octanol–water partition coefficient (Wildman–Crippen LogP) is 12.7. The first-order chi connectivity index (χ1) is 25.4. The van der Waals surface area contributed by atoms with Gasteiger partial charge in [-0.3, -0.25) is 0 Å². The minimum atomic E-state index is -0.565. The lowest BCUT2D eigenvalue weighted by Gasteiger charge is -2.32. The standard InChI is InChI=1S/C44H60B2N2S4/c1-5-25-49-39-19-11-15-35(29-39)43(47,36-16-12-20-40(30-36)50-26-6-2)33-45-23-9-10-24-46-34-44(48,37-17-13-21-41(31-37)51-27-7-3)38-18-14-22-42(32-38)52-28-8-4/h11-22,29-32H,5-10,23-28,33-34,47-48H2,1-4H3. The molecule has 0 fully saturated rings. The number of thioether (sulfide) groups is 4. The van der Waals surface area contributed by atoms with E-state index in [4.69, 9.17) is 11.5 Å². The maximum absolute atomic E-state index is 7.46. The zero-order valence-corrected chi connectivity index (χ0v) is 35.3. The Bertz CT molecular complexity index is 1390. The minimum Gasteiger partial charge on any atom is -0.318 e. The van der Waals surface area contributed by atoms with Crippen LogP contribution in [0.4, 0.5) is 0 Å². The predicted molar refractivity (Wildman–Crippen MR) is 240 cm³/mol. The van der Waals surface area contributed by atoms with Crippen molar-refractivity contribution in [2.45, 2.75) is 122 Å². The van der Waals surface area contributed by atoms with Gasteiger partial charge in [-0.05, 0) is 119 Å². The Kier molecular flexibility index (Phi) is 19.3. The smallest absolute Gasteiger partial charge is 0.112 e. The molecular formula is C44H60B2N2S4. The molecule has 0 bridgehead atoms. The normalized spacial score (nSPS) is 11.9. The second kappa shape index (κ2) is 23.3. The van der Waals surface area contributed by atoms with E-state index in [-0.39, 0.29) is 0 Å². The molecule has 2 radical (unpaired) electrons. The summed E-state index contributed by atoms with van der Waals surface area (Å²) in [5.74, 6) is 4.47. The van der Waals surface area contributed by atoms with Gasteiger partial charge in [0.2, 0.25) is 0 Å². The fourth-order valence-corrected chi connectivity index (χ4v) is 9.67. The van der Waals surface area contributed by atoms with Crippen molar-refractivity contribution in [3.8, 4) is 0 Å². The van der Waals surface area contributed by atoms with Crippen molar-refractivity contribution >= 4 is 61.6 Å². The zero-order chi connectivity index (χ0) is 37.1. The fourth-order valence-electron chi connectivity index (χ4n) is 6.37. The van der Waals surface area contributed by atoms with Gasteiger partial charge in [0, 0.05) is 19.6 Å². The van der Waals surface area contributed by atoms with Gasteiger partial charge >= 0.3 is 0 Å². The van der Waals surface area contributed by atoms with Gasteiger partial charge < -0.3 is 11.5 Å². The average molecular weight is 767 g/mol. The maximum Gasteiger partial charge on any atom is 0.112 e. The van der Waals surface area contributed by atoms with Gasteiger partial charge in [-0.15, -0.1) is 47.0 Å². The van der Waals surface area contributed by atoms with E-state index in [1.165, 1.54) is 41.8 Å². The highest BCUT2D eigenvalue weighted by Crippen LogP contribution is 2.37. The van der Waals surface area contributed by atoms with E-state index in [2.05, 4.69) is 139 Å². The number of nitrogens with two attached hydrogens (primary N) is 2. The Morgan fingerprint density at radius 1 is 0.442 bits per heavy atom. The Morgan fingerprint density at radius 2 is 0.712 bits per heavy atom. The van der Waals surface area contributed by atoms with Gasteiger partial charge in [0.1, 0.15) is 14.6 Å². The largest absolute Gasteiger partial charge is 0.318 e. The van der Waals surface area contributed by atoms with E-state index in [0.29, 0.717) is 0 Å². The third kappa shape index (κ3) is 13.0. The van der Waals surface area contributed by atoms with Crippen LogP contribution in [0.5, 0.6) is 0 Å². The Hall–Kier alpha value is -1.67. The summed E-state index contributed by atoms with van der Waals surface area (Å²) in [6.07, 6.45) is 10.6. The van der Waals surface area contributed by atoms with E-state index in [9.17, 15) is 0 Å². The maximum atomic E-state index is 7.46. The van der Waals surface area contributed by atoms with Crippen molar-refractivity contribution in [2.24, 2.45) is 11.5 Å². The lowest BCUT2D eigenvalue weighted by Crippen LogP contribution is -2.39. The minimum absolute atomic E-state index is 0.565. The molecule has 0 aliphatic carbocycles. The second-order valence-electron chi connectivity index (χ2n) is 13.7. The molecule has 0 heterocycles. The van der Waals surface area contributed by atoms with Crippen LogP contribution in [-0.2, 0) is 11.1 Å². The highest BCUT2D eigenvalue weighted by molar-refractivity contribution is 8.00. The number of hydrogen-bond acceptors (Lipinski definition) is 6. The number of hydrogen-bond donors (Lipinski definition) is 2. The highest BCUT2D eigenvalue weighted by Gasteiger charge is 2.31. The van der Waals surface area contributed by atoms with Gasteiger partial charge in [-0.2, -0.15) is 0 Å².